The summed E-state index contributed by atoms with van der Waals surface area (Å²) in [6.07, 6.45) is 4.87. The molecule has 2 rings (SSSR count). The van der Waals surface area contributed by atoms with Crippen molar-refractivity contribution in [2.45, 2.75) is 25.3 Å². The molecular formula is C9H10BrN3O2. The third-order valence-electron chi connectivity index (χ3n) is 2.48. The maximum Gasteiger partial charge on any atom is 0.312 e. The smallest absolute Gasteiger partial charge is 0.312 e. The lowest BCUT2D eigenvalue weighted by Crippen LogP contribution is -2.27. The molecule has 0 aliphatic heterocycles. The molecule has 1 fully saturated rings. The Bertz CT molecular complexity index is 393. The molecule has 0 spiro atoms. The summed E-state index contributed by atoms with van der Waals surface area (Å²) < 4.78 is 0.619. The fourth-order valence-corrected chi connectivity index (χ4v) is 1.74. The van der Waals surface area contributed by atoms with E-state index in [9.17, 15) is 10.1 Å². The summed E-state index contributed by atoms with van der Waals surface area (Å²) in [5, 5.41) is 13.8. The summed E-state index contributed by atoms with van der Waals surface area (Å²) in [5.41, 5.74) is 0.0243. The van der Waals surface area contributed by atoms with Crippen molar-refractivity contribution in [3.8, 4) is 0 Å². The van der Waals surface area contributed by atoms with Crippen LogP contribution < -0.4 is 5.32 Å². The third-order valence-corrected chi connectivity index (χ3v) is 2.91. The number of hydrogen-bond donors (Lipinski definition) is 1. The van der Waals surface area contributed by atoms with Gasteiger partial charge in [-0.05, 0) is 35.2 Å². The van der Waals surface area contributed by atoms with Crippen LogP contribution in [0.2, 0.25) is 0 Å². The molecular weight excluding hydrogens is 262 g/mol. The van der Waals surface area contributed by atoms with Crippen LogP contribution in [0.15, 0.2) is 16.7 Å². The Hall–Kier alpha value is -1.17. The first-order chi connectivity index (χ1) is 7.16. The largest absolute Gasteiger partial charge is 0.362 e. The number of aromatic nitrogens is 1. The molecule has 0 atom stereocenters. The lowest BCUT2D eigenvalue weighted by Gasteiger charge is -2.26. The monoisotopic (exact) mass is 271 g/mol. The van der Waals surface area contributed by atoms with E-state index in [0.29, 0.717) is 16.3 Å². The number of pyridine rings is 1. The van der Waals surface area contributed by atoms with Gasteiger partial charge in [0, 0.05) is 22.8 Å². The normalized spacial score (nSPS) is 15.8. The first-order valence-electron chi connectivity index (χ1n) is 4.73. The van der Waals surface area contributed by atoms with E-state index in [2.05, 4.69) is 26.2 Å². The number of nitrogens with zero attached hydrogens (tertiary/aromatic N) is 2. The Labute approximate surface area is 95.2 Å². The lowest BCUT2D eigenvalue weighted by atomic mass is 9.93. The molecule has 5 nitrogen and oxygen atoms in total. The van der Waals surface area contributed by atoms with Crippen LogP contribution in [0, 0.1) is 10.1 Å². The summed E-state index contributed by atoms with van der Waals surface area (Å²) >= 11 is 3.17. The van der Waals surface area contributed by atoms with Crippen LogP contribution in [0.25, 0.3) is 0 Å². The zero-order valence-corrected chi connectivity index (χ0v) is 9.53. The van der Waals surface area contributed by atoms with Gasteiger partial charge in [0.15, 0.2) is 0 Å². The van der Waals surface area contributed by atoms with Crippen LogP contribution in [0.4, 0.5) is 11.5 Å². The average molecular weight is 272 g/mol. The minimum atomic E-state index is -0.418. The molecule has 1 saturated carbocycles. The van der Waals surface area contributed by atoms with Gasteiger partial charge in [0.2, 0.25) is 5.82 Å². The molecule has 15 heavy (non-hydrogen) atoms. The van der Waals surface area contributed by atoms with Gasteiger partial charge >= 0.3 is 5.69 Å². The van der Waals surface area contributed by atoms with E-state index in [1.165, 1.54) is 12.5 Å². The molecule has 0 bridgehead atoms. The number of halogens is 1. The zero-order chi connectivity index (χ0) is 10.8. The summed E-state index contributed by atoms with van der Waals surface area (Å²) in [6, 6.07) is 1.81. The van der Waals surface area contributed by atoms with Gasteiger partial charge in [-0.1, -0.05) is 0 Å². The fourth-order valence-electron chi connectivity index (χ4n) is 1.42. The molecule has 1 aliphatic carbocycles. The Morgan fingerprint density at radius 2 is 2.33 bits per heavy atom. The maximum atomic E-state index is 10.8. The minimum Gasteiger partial charge on any atom is -0.362 e. The molecule has 1 aromatic rings. The van der Waals surface area contributed by atoms with E-state index >= 15 is 0 Å². The van der Waals surface area contributed by atoms with E-state index in [1.807, 2.05) is 0 Å². The Morgan fingerprint density at radius 3 is 2.87 bits per heavy atom. The topological polar surface area (TPSA) is 68.1 Å². The summed E-state index contributed by atoms with van der Waals surface area (Å²) in [5.74, 6) is 0.368. The average Bonchev–Trinajstić information content (AvgIpc) is 2.12. The van der Waals surface area contributed by atoms with Crippen LogP contribution in [0.5, 0.6) is 0 Å². The first kappa shape index (κ1) is 10.4. The van der Waals surface area contributed by atoms with Gasteiger partial charge < -0.3 is 5.32 Å². The standard InChI is InChI=1S/C9H10BrN3O2/c10-6-4-8(13(14)15)9(11-5-6)12-7-2-1-3-7/h4-5,7H,1-3H2,(H,11,12). The number of hydrogen-bond acceptors (Lipinski definition) is 4. The summed E-state index contributed by atoms with van der Waals surface area (Å²) in [7, 11) is 0. The summed E-state index contributed by atoms with van der Waals surface area (Å²) in [4.78, 5) is 14.4. The van der Waals surface area contributed by atoms with Gasteiger partial charge in [-0.3, -0.25) is 10.1 Å². The molecule has 1 aromatic heterocycles. The van der Waals surface area contributed by atoms with Gasteiger partial charge in [0.25, 0.3) is 0 Å². The van der Waals surface area contributed by atoms with Gasteiger partial charge in [-0.2, -0.15) is 0 Å². The van der Waals surface area contributed by atoms with Crippen molar-refractivity contribution in [1.29, 1.82) is 0 Å². The van der Waals surface area contributed by atoms with Crippen molar-refractivity contribution in [2.75, 3.05) is 5.32 Å². The molecule has 0 amide bonds. The Balaban J connectivity index is 2.23. The second-order valence-electron chi connectivity index (χ2n) is 3.55. The predicted molar refractivity (Wildman–Crippen MR) is 59.9 cm³/mol. The molecule has 0 radical (unpaired) electrons. The van der Waals surface area contributed by atoms with Crippen molar-refractivity contribution >= 4 is 27.4 Å². The van der Waals surface area contributed by atoms with Crippen LogP contribution in [-0.4, -0.2) is 15.9 Å². The minimum absolute atomic E-state index is 0.0243. The van der Waals surface area contributed by atoms with E-state index in [0.717, 1.165) is 12.8 Å². The van der Waals surface area contributed by atoms with Gasteiger partial charge in [-0.25, -0.2) is 4.98 Å². The Morgan fingerprint density at radius 1 is 1.60 bits per heavy atom. The maximum absolute atomic E-state index is 10.8. The number of nitro groups is 1. The Kier molecular flexibility index (Phi) is 2.86. The molecule has 80 valence electrons. The molecule has 0 aromatic carbocycles. The van der Waals surface area contributed by atoms with Crippen molar-refractivity contribution in [3.05, 3.63) is 26.9 Å². The highest BCUT2D eigenvalue weighted by atomic mass is 79.9. The zero-order valence-electron chi connectivity index (χ0n) is 7.94. The summed E-state index contributed by atoms with van der Waals surface area (Å²) in [6.45, 7) is 0. The van der Waals surface area contributed by atoms with E-state index in [-0.39, 0.29) is 5.69 Å². The van der Waals surface area contributed by atoms with Gasteiger partial charge in [0.1, 0.15) is 0 Å². The first-order valence-corrected chi connectivity index (χ1v) is 5.52. The number of nitrogens with one attached hydrogen (secondary N) is 1. The van der Waals surface area contributed by atoms with Crippen molar-refractivity contribution in [2.24, 2.45) is 0 Å². The second kappa shape index (κ2) is 4.14. The highest BCUT2D eigenvalue weighted by molar-refractivity contribution is 9.10. The molecule has 0 saturated heterocycles. The van der Waals surface area contributed by atoms with Gasteiger partial charge in [-0.15, -0.1) is 0 Å². The van der Waals surface area contributed by atoms with Crippen LogP contribution in [-0.2, 0) is 0 Å². The third kappa shape index (κ3) is 2.26. The van der Waals surface area contributed by atoms with Crippen LogP contribution in [0.3, 0.4) is 0 Å². The molecule has 1 N–H and O–H groups in total. The lowest BCUT2D eigenvalue weighted by molar-refractivity contribution is -0.384. The fraction of sp³-hybridized carbons (Fsp3) is 0.444. The van der Waals surface area contributed by atoms with Crippen LogP contribution in [0.1, 0.15) is 19.3 Å². The number of rotatable bonds is 3. The molecule has 1 heterocycles. The SMILES string of the molecule is O=[N+]([O-])c1cc(Br)cnc1NC1CCC1. The van der Waals surface area contributed by atoms with Crippen molar-refractivity contribution in [3.63, 3.8) is 0 Å². The highest BCUT2D eigenvalue weighted by Gasteiger charge is 2.22. The van der Waals surface area contributed by atoms with E-state index in [4.69, 9.17) is 0 Å². The highest BCUT2D eigenvalue weighted by Crippen LogP contribution is 2.29. The number of anilines is 1. The van der Waals surface area contributed by atoms with Crippen molar-refractivity contribution < 1.29 is 4.92 Å². The van der Waals surface area contributed by atoms with E-state index in [1.54, 1.807) is 6.20 Å². The predicted octanol–water partition coefficient (Wildman–Crippen LogP) is 2.72. The van der Waals surface area contributed by atoms with Gasteiger partial charge in [0.05, 0.1) is 4.92 Å². The molecule has 0 unspecified atom stereocenters. The van der Waals surface area contributed by atoms with Crippen molar-refractivity contribution in [1.82, 2.24) is 4.98 Å². The quantitative estimate of drug-likeness (QED) is 0.678. The van der Waals surface area contributed by atoms with Crippen LogP contribution >= 0.6 is 15.9 Å². The second-order valence-corrected chi connectivity index (χ2v) is 4.47. The van der Waals surface area contributed by atoms with E-state index < -0.39 is 4.92 Å². The molecule has 6 heteroatoms. The molecule has 1 aliphatic rings.